The third kappa shape index (κ3) is 3.53. The molecule has 7 heteroatoms. The number of nitrogens with zero attached hydrogens (tertiary/aromatic N) is 2. The minimum Gasteiger partial charge on any atom is -0.497 e. The molecule has 0 unspecified atom stereocenters. The maximum absolute atomic E-state index is 13.8. The van der Waals surface area contributed by atoms with Gasteiger partial charge in [0.25, 0.3) is 5.91 Å². The average molecular weight is 431 g/mol. The largest absolute Gasteiger partial charge is 0.497 e. The molecule has 5 nitrogen and oxygen atoms in total. The van der Waals surface area contributed by atoms with Crippen molar-refractivity contribution in [2.24, 2.45) is 0 Å². The first kappa shape index (κ1) is 19.3. The van der Waals surface area contributed by atoms with Gasteiger partial charge in [0.1, 0.15) is 11.6 Å². The molecule has 0 aliphatic carbocycles. The Morgan fingerprint density at radius 2 is 1.90 bits per heavy atom. The zero-order chi connectivity index (χ0) is 21.5. The molecule has 5 rings (SSSR count). The van der Waals surface area contributed by atoms with Crippen LogP contribution in [-0.4, -0.2) is 22.4 Å². The van der Waals surface area contributed by atoms with Gasteiger partial charge in [0.05, 0.1) is 23.0 Å². The maximum atomic E-state index is 13.8. The third-order valence-electron chi connectivity index (χ3n) is 5.17. The summed E-state index contributed by atoms with van der Waals surface area (Å²) in [5.41, 5.74) is 4.33. The van der Waals surface area contributed by atoms with E-state index in [9.17, 15) is 9.18 Å². The lowest BCUT2D eigenvalue weighted by atomic mass is 10.1. The van der Waals surface area contributed by atoms with E-state index in [1.54, 1.807) is 32.2 Å². The Labute approximate surface area is 181 Å². The van der Waals surface area contributed by atoms with E-state index in [1.807, 2.05) is 47.0 Å². The summed E-state index contributed by atoms with van der Waals surface area (Å²) >= 11 is 1.51. The highest BCUT2D eigenvalue weighted by Gasteiger charge is 2.14. The number of carbonyl (C=O) groups is 1. The van der Waals surface area contributed by atoms with E-state index >= 15 is 0 Å². The second-order valence-electron chi connectivity index (χ2n) is 7.21. The Morgan fingerprint density at radius 1 is 1.10 bits per heavy atom. The van der Waals surface area contributed by atoms with Gasteiger partial charge in [-0.15, -0.1) is 0 Å². The van der Waals surface area contributed by atoms with E-state index in [-0.39, 0.29) is 11.7 Å². The standard InChI is InChI=1S/C24H18FN3O2S/c1-14-3-7-17(12-19(14)25)26-23(29)16-6-10-21-22(11-16)31-24-27-20(13-28(21)24)15-4-8-18(30-2)9-5-15/h3-13H,1-2H3,(H,26,29). The van der Waals surface area contributed by atoms with Crippen LogP contribution in [0.2, 0.25) is 0 Å². The molecular weight excluding hydrogens is 413 g/mol. The van der Waals surface area contributed by atoms with Crippen LogP contribution in [0.3, 0.4) is 0 Å². The molecule has 3 aromatic carbocycles. The summed E-state index contributed by atoms with van der Waals surface area (Å²) < 4.78 is 21.9. The number of amides is 1. The molecule has 5 aromatic rings. The first-order valence-electron chi connectivity index (χ1n) is 9.65. The van der Waals surface area contributed by atoms with Gasteiger partial charge in [-0.05, 0) is 67.1 Å². The molecule has 0 fully saturated rings. The second kappa shape index (κ2) is 7.52. The van der Waals surface area contributed by atoms with Crippen molar-refractivity contribution in [3.8, 4) is 17.0 Å². The van der Waals surface area contributed by atoms with Gasteiger partial charge in [0.2, 0.25) is 0 Å². The molecule has 0 bridgehead atoms. The molecule has 2 heterocycles. The molecule has 31 heavy (non-hydrogen) atoms. The van der Waals surface area contributed by atoms with E-state index in [1.165, 1.54) is 17.4 Å². The highest BCUT2D eigenvalue weighted by atomic mass is 32.1. The van der Waals surface area contributed by atoms with Crippen molar-refractivity contribution in [3.05, 3.63) is 83.8 Å². The Morgan fingerprint density at radius 3 is 2.65 bits per heavy atom. The van der Waals surface area contributed by atoms with Gasteiger partial charge in [-0.2, -0.15) is 0 Å². The molecule has 0 aliphatic rings. The third-order valence-corrected chi connectivity index (χ3v) is 6.19. The number of rotatable bonds is 4. The van der Waals surface area contributed by atoms with Crippen LogP contribution in [0.5, 0.6) is 5.75 Å². The normalized spacial score (nSPS) is 11.2. The van der Waals surface area contributed by atoms with Crippen LogP contribution in [0.4, 0.5) is 10.1 Å². The van der Waals surface area contributed by atoms with Gasteiger partial charge in [0, 0.05) is 23.0 Å². The summed E-state index contributed by atoms with van der Waals surface area (Å²) in [4.78, 5) is 18.2. The maximum Gasteiger partial charge on any atom is 0.255 e. The minimum atomic E-state index is -0.347. The molecule has 0 atom stereocenters. The number of aryl methyl sites for hydroxylation is 1. The molecule has 1 N–H and O–H groups in total. The van der Waals surface area contributed by atoms with Gasteiger partial charge >= 0.3 is 0 Å². The fourth-order valence-electron chi connectivity index (χ4n) is 3.42. The van der Waals surface area contributed by atoms with Crippen LogP contribution in [-0.2, 0) is 0 Å². The predicted octanol–water partition coefficient (Wildman–Crippen LogP) is 5.92. The van der Waals surface area contributed by atoms with Crippen molar-refractivity contribution in [3.63, 3.8) is 0 Å². The number of halogens is 1. The van der Waals surface area contributed by atoms with Crippen molar-refractivity contribution < 1.29 is 13.9 Å². The van der Waals surface area contributed by atoms with Gasteiger partial charge < -0.3 is 10.1 Å². The number of fused-ring (bicyclic) bond motifs is 3. The summed E-state index contributed by atoms with van der Waals surface area (Å²) in [6.07, 6.45) is 1.99. The molecule has 0 spiro atoms. The molecular formula is C24H18FN3O2S. The van der Waals surface area contributed by atoms with Crippen molar-refractivity contribution in [2.75, 3.05) is 12.4 Å². The zero-order valence-corrected chi connectivity index (χ0v) is 17.7. The first-order valence-corrected chi connectivity index (χ1v) is 10.5. The SMILES string of the molecule is COc1ccc(-c2cn3c(n2)sc2cc(C(=O)Nc4ccc(C)c(F)c4)ccc23)cc1. The van der Waals surface area contributed by atoms with Crippen LogP contribution in [0.1, 0.15) is 15.9 Å². The fraction of sp³-hybridized carbons (Fsp3) is 0.0833. The second-order valence-corrected chi connectivity index (χ2v) is 8.22. The summed E-state index contributed by atoms with van der Waals surface area (Å²) in [5, 5.41) is 2.75. The lowest BCUT2D eigenvalue weighted by Crippen LogP contribution is -2.11. The summed E-state index contributed by atoms with van der Waals surface area (Å²) in [6, 6.07) is 17.9. The Balaban J connectivity index is 1.44. The average Bonchev–Trinajstić information content (AvgIpc) is 3.34. The lowest BCUT2D eigenvalue weighted by Gasteiger charge is -2.06. The van der Waals surface area contributed by atoms with Gasteiger partial charge in [-0.25, -0.2) is 9.37 Å². The molecule has 1 amide bonds. The quantitative estimate of drug-likeness (QED) is 0.384. The van der Waals surface area contributed by atoms with Crippen LogP contribution in [0.15, 0.2) is 66.9 Å². The van der Waals surface area contributed by atoms with Gasteiger partial charge in [-0.3, -0.25) is 9.20 Å². The van der Waals surface area contributed by atoms with Gasteiger partial charge in [0.15, 0.2) is 4.96 Å². The number of imidazole rings is 1. The van der Waals surface area contributed by atoms with Crippen LogP contribution in [0.25, 0.3) is 26.4 Å². The fourth-order valence-corrected chi connectivity index (χ4v) is 4.46. The Kier molecular flexibility index (Phi) is 4.67. The number of hydrogen-bond donors (Lipinski definition) is 1. The van der Waals surface area contributed by atoms with Crippen molar-refractivity contribution in [1.29, 1.82) is 0 Å². The molecule has 0 saturated carbocycles. The predicted molar refractivity (Wildman–Crippen MR) is 122 cm³/mol. The molecule has 154 valence electrons. The van der Waals surface area contributed by atoms with Crippen LogP contribution in [0, 0.1) is 12.7 Å². The monoisotopic (exact) mass is 431 g/mol. The number of hydrogen-bond acceptors (Lipinski definition) is 4. The smallest absolute Gasteiger partial charge is 0.255 e. The zero-order valence-electron chi connectivity index (χ0n) is 16.8. The Hall–Kier alpha value is -3.71. The van der Waals surface area contributed by atoms with Crippen LogP contribution < -0.4 is 10.1 Å². The number of thiazole rings is 1. The molecule has 0 aliphatic heterocycles. The molecule has 2 aromatic heterocycles. The minimum absolute atomic E-state index is 0.282. The topological polar surface area (TPSA) is 55.6 Å². The van der Waals surface area contributed by atoms with Crippen molar-refractivity contribution in [2.45, 2.75) is 6.92 Å². The summed E-state index contributed by atoms with van der Waals surface area (Å²) in [7, 11) is 1.64. The van der Waals surface area contributed by atoms with Crippen LogP contribution >= 0.6 is 11.3 Å². The number of anilines is 1. The number of nitrogens with one attached hydrogen (secondary N) is 1. The number of aromatic nitrogens is 2. The van der Waals surface area contributed by atoms with Crippen molar-refractivity contribution >= 4 is 38.1 Å². The number of methoxy groups -OCH3 is 1. The van der Waals surface area contributed by atoms with E-state index in [2.05, 4.69) is 5.32 Å². The summed E-state index contributed by atoms with van der Waals surface area (Å²) in [6.45, 7) is 1.68. The number of ether oxygens (including phenoxy) is 1. The number of carbonyl (C=O) groups excluding carboxylic acids is 1. The van der Waals surface area contributed by atoms with Crippen molar-refractivity contribution in [1.82, 2.24) is 9.38 Å². The summed E-state index contributed by atoms with van der Waals surface area (Å²) in [5.74, 6) is 0.171. The van der Waals surface area contributed by atoms with E-state index < -0.39 is 0 Å². The highest BCUT2D eigenvalue weighted by molar-refractivity contribution is 7.23. The number of benzene rings is 3. The highest BCUT2D eigenvalue weighted by Crippen LogP contribution is 2.31. The Bertz CT molecular complexity index is 1440. The first-order chi connectivity index (χ1) is 15.0. The van der Waals surface area contributed by atoms with E-state index in [0.29, 0.717) is 16.8 Å². The van der Waals surface area contributed by atoms with E-state index in [0.717, 1.165) is 32.2 Å². The van der Waals surface area contributed by atoms with Gasteiger partial charge in [-0.1, -0.05) is 17.4 Å². The van der Waals surface area contributed by atoms with E-state index in [4.69, 9.17) is 9.72 Å². The lowest BCUT2D eigenvalue weighted by molar-refractivity contribution is 0.102. The molecule has 0 saturated heterocycles. The molecule has 0 radical (unpaired) electrons.